The predicted octanol–water partition coefficient (Wildman–Crippen LogP) is 3.63. The van der Waals surface area contributed by atoms with Gasteiger partial charge in [-0.25, -0.2) is 14.8 Å². The highest BCUT2D eigenvalue weighted by Gasteiger charge is 2.17. The van der Waals surface area contributed by atoms with Gasteiger partial charge in [0.15, 0.2) is 0 Å². The molecule has 1 aromatic carbocycles. The summed E-state index contributed by atoms with van der Waals surface area (Å²) in [5, 5.41) is 12.2. The van der Waals surface area contributed by atoms with Crippen LogP contribution >= 0.6 is 15.9 Å². The Morgan fingerprint density at radius 2 is 1.86 bits per heavy atom. The van der Waals surface area contributed by atoms with Crippen molar-refractivity contribution in [2.75, 3.05) is 42.1 Å². The van der Waals surface area contributed by atoms with Gasteiger partial charge < -0.3 is 26.2 Å². The van der Waals surface area contributed by atoms with Crippen LogP contribution in [0.5, 0.6) is 0 Å². The predicted molar refractivity (Wildman–Crippen MR) is 137 cm³/mol. The number of likely N-dealkylation sites (tertiary alicyclic amines) is 1. The Bertz CT molecular complexity index is 1160. The molecule has 2 aromatic heterocycles. The highest BCUT2D eigenvalue weighted by atomic mass is 79.9. The van der Waals surface area contributed by atoms with Crippen LogP contribution in [0.3, 0.4) is 0 Å². The summed E-state index contributed by atoms with van der Waals surface area (Å²) in [6.45, 7) is 2.65. The molecule has 3 aromatic rings. The van der Waals surface area contributed by atoms with Gasteiger partial charge in [-0.3, -0.25) is 9.78 Å². The molecule has 35 heavy (non-hydrogen) atoms. The number of amides is 3. The minimum atomic E-state index is -0.258. The zero-order valence-electron chi connectivity index (χ0n) is 19.0. The van der Waals surface area contributed by atoms with Crippen LogP contribution in [0.1, 0.15) is 29.8 Å². The molecule has 0 bridgehead atoms. The Morgan fingerprint density at radius 3 is 2.66 bits per heavy atom. The molecule has 1 aliphatic heterocycles. The number of hydrogen-bond acceptors (Lipinski definition) is 8. The van der Waals surface area contributed by atoms with Crippen LogP contribution < -0.4 is 21.3 Å². The fraction of sp³-hybridized carbons (Fsp3) is 0.304. The zero-order chi connectivity index (χ0) is 24.5. The molecule has 3 amide bonds. The van der Waals surface area contributed by atoms with Gasteiger partial charge >= 0.3 is 6.03 Å². The lowest BCUT2D eigenvalue weighted by Crippen LogP contribution is -2.32. The number of carbonyl (C=O) groups is 2. The maximum Gasteiger partial charge on any atom is 0.321 e. The van der Waals surface area contributed by atoms with Crippen molar-refractivity contribution in [2.45, 2.75) is 19.3 Å². The van der Waals surface area contributed by atoms with E-state index in [1.807, 2.05) is 29.2 Å². The molecule has 4 rings (SSSR count). The SMILES string of the molecule is O=C(NCCCNc1nc(Nc2cccc(NC(=O)N3CCCC3)c2)ncc1Br)c1cnccn1. The number of benzene rings is 1. The van der Waals surface area contributed by atoms with Crippen molar-refractivity contribution in [1.82, 2.24) is 30.2 Å². The summed E-state index contributed by atoms with van der Waals surface area (Å²) in [5.74, 6) is 0.780. The third-order valence-corrected chi connectivity index (χ3v) is 5.82. The molecule has 1 saturated heterocycles. The van der Waals surface area contributed by atoms with E-state index in [9.17, 15) is 9.59 Å². The van der Waals surface area contributed by atoms with Crippen LogP contribution in [0.4, 0.5) is 27.9 Å². The first-order valence-corrected chi connectivity index (χ1v) is 12.1. The number of rotatable bonds is 9. The van der Waals surface area contributed by atoms with Crippen molar-refractivity contribution in [3.8, 4) is 0 Å². The Hall–Kier alpha value is -3.80. The molecule has 11 nitrogen and oxygen atoms in total. The summed E-state index contributed by atoms with van der Waals surface area (Å²) < 4.78 is 0.721. The number of aromatic nitrogens is 4. The van der Waals surface area contributed by atoms with Crippen LogP contribution in [-0.4, -0.2) is 63.0 Å². The van der Waals surface area contributed by atoms with E-state index in [1.54, 1.807) is 6.20 Å². The molecule has 0 unspecified atom stereocenters. The maximum absolute atomic E-state index is 12.4. The second-order valence-electron chi connectivity index (χ2n) is 7.85. The van der Waals surface area contributed by atoms with E-state index in [-0.39, 0.29) is 17.6 Å². The normalized spacial score (nSPS) is 12.8. The number of nitrogens with one attached hydrogen (secondary N) is 4. The van der Waals surface area contributed by atoms with Crippen molar-refractivity contribution < 1.29 is 9.59 Å². The summed E-state index contributed by atoms with van der Waals surface area (Å²) in [5.41, 5.74) is 1.74. The third kappa shape index (κ3) is 7.09. The van der Waals surface area contributed by atoms with Gasteiger partial charge in [0.25, 0.3) is 5.91 Å². The number of anilines is 4. The van der Waals surface area contributed by atoms with Gasteiger partial charge in [0, 0.05) is 56.1 Å². The summed E-state index contributed by atoms with van der Waals surface area (Å²) in [6.07, 6.45) is 8.87. The third-order valence-electron chi connectivity index (χ3n) is 5.23. The maximum atomic E-state index is 12.4. The average molecular weight is 540 g/mol. The fourth-order valence-electron chi connectivity index (χ4n) is 3.48. The van der Waals surface area contributed by atoms with Gasteiger partial charge in [-0.05, 0) is 53.4 Å². The van der Waals surface area contributed by atoms with Crippen LogP contribution in [0.15, 0.2) is 53.5 Å². The van der Waals surface area contributed by atoms with Gasteiger partial charge in [-0.2, -0.15) is 4.98 Å². The standard InChI is InChI=1S/C23H26BrN9O2/c24-18-14-29-22(30-16-5-3-6-17(13-16)31-23(35)33-11-1-2-12-33)32-20(18)27-7-4-8-28-21(34)19-15-25-9-10-26-19/h3,5-6,9-10,13-15H,1-2,4,7-8,11-12H2,(H,28,34)(H,31,35)(H2,27,29,30,32). The number of halogens is 1. The largest absolute Gasteiger partial charge is 0.369 e. The first-order chi connectivity index (χ1) is 17.1. The molecule has 4 N–H and O–H groups in total. The van der Waals surface area contributed by atoms with Crippen LogP contribution in [0.25, 0.3) is 0 Å². The van der Waals surface area contributed by atoms with Gasteiger partial charge in [-0.1, -0.05) is 6.07 Å². The Morgan fingerprint density at radius 1 is 1.03 bits per heavy atom. The molecular weight excluding hydrogens is 514 g/mol. The Kier molecular flexibility index (Phi) is 8.39. The Balaban J connectivity index is 1.27. The highest BCUT2D eigenvalue weighted by molar-refractivity contribution is 9.10. The number of carbonyl (C=O) groups excluding carboxylic acids is 2. The van der Waals surface area contributed by atoms with Crippen LogP contribution in [0.2, 0.25) is 0 Å². The van der Waals surface area contributed by atoms with Gasteiger partial charge in [0.1, 0.15) is 11.5 Å². The van der Waals surface area contributed by atoms with Gasteiger partial charge in [-0.15, -0.1) is 0 Å². The summed E-state index contributed by atoms with van der Waals surface area (Å²) >= 11 is 3.46. The summed E-state index contributed by atoms with van der Waals surface area (Å²) in [6, 6.07) is 7.34. The summed E-state index contributed by atoms with van der Waals surface area (Å²) in [7, 11) is 0. The first kappa shape index (κ1) is 24.3. The van der Waals surface area contributed by atoms with E-state index < -0.39 is 0 Å². The lowest BCUT2D eigenvalue weighted by molar-refractivity contribution is 0.0948. The molecule has 1 fully saturated rings. The minimum Gasteiger partial charge on any atom is -0.369 e. The minimum absolute atomic E-state index is 0.0843. The smallest absolute Gasteiger partial charge is 0.321 e. The van der Waals surface area contributed by atoms with Crippen molar-refractivity contribution in [1.29, 1.82) is 0 Å². The van der Waals surface area contributed by atoms with Crippen molar-refractivity contribution in [3.63, 3.8) is 0 Å². The molecule has 3 heterocycles. The topological polar surface area (TPSA) is 137 Å². The number of nitrogens with zero attached hydrogens (tertiary/aromatic N) is 5. The fourth-order valence-corrected chi connectivity index (χ4v) is 3.81. The zero-order valence-corrected chi connectivity index (χ0v) is 20.6. The number of hydrogen-bond donors (Lipinski definition) is 4. The second kappa shape index (κ2) is 12.1. The lowest BCUT2D eigenvalue weighted by atomic mass is 10.3. The average Bonchev–Trinajstić information content (AvgIpc) is 3.42. The summed E-state index contributed by atoms with van der Waals surface area (Å²) in [4.78, 5) is 42.9. The highest BCUT2D eigenvalue weighted by Crippen LogP contribution is 2.23. The van der Waals surface area contributed by atoms with E-state index in [1.165, 1.54) is 18.6 Å². The molecule has 182 valence electrons. The van der Waals surface area contributed by atoms with E-state index in [4.69, 9.17) is 0 Å². The molecule has 0 atom stereocenters. The van der Waals surface area contributed by atoms with Crippen molar-refractivity contribution >= 4 is 51.0 Å². The van der Waals surface area contributed by atoms with Crippen molar-refractivity contribution in [2.24, 2.45) is 0 Å². The Labute approximate surface area is 211 Å². The second-order valence-corrected chi connectivity index (χ2v) is 8.70. The molecule has 0 saturated carbocycles. The van der Waals surface area contributed by atoms with Gasteiger partial charge in [0.05, 0.1) is 10.7 Å². The first-order valence-electron chi connectivity index (χ1n) is 11.3. The van der Waals surface area contributed by atoms with Crippen LogP contribution in [0, 0.1) is 0 Å². The molecule has 0 radical (unpaired) electrons. The molecule has 12 heteroatoms. The molecule has 0 spiro atoms. The lowest BCUT2D eigenvalue weighted by Gasteiger charge is -2.16. The van der Waals surface area contributed by atoms with E-state index in [2.05, 4.69) is 57.1 Å². The molecular formula is C23H26BrN9O2. The van der Waals surface area contributed by atoms with E-state index in [0.29, 0.717) is 37.0 Å². The number of urea groups is 1. The molecule has 1 aliphatic rings. The molecule has 0 aliphatic carbocycles. The van der Waals surface area contributed by atoms with E-state index in [0.717, 1.165) is 36.1 Å². The van der Waals surface area contributed by atoms with E-state index >= 15 is 0 Å². The quantitative estimate of drug-likeness (QED) is 0.302. The monoisotopic (exact) mass is 539 g/mol. The van der Waals surface area contributed by atoms with Gasteiger partial charge in [0.2, 0.25) is 5.95 Å². The van der Waals surface area contributed by atoms with Crippen molar-refractivity contribution in [3.05, 3.63) is 59.2 Å². The van der Waals surface area contributed by atoms with Crippen LogP contribution in [-0.2, 0) is 0 Å².